The lowest BCUT2D eigenvalue weighted by Crippen LogP contribution is -2.04. The van der Waals surface area contributed by atoms with E-state index in [0.29, 0.717) is 11.4 Å². The van der Waals surface area contributed by atoms with E-state index >= 15 is 0 Å². The number of rotatable bonds is 3. The lowest BCUT2D eigenvalue weighted by Gasteiger charge is -2.07. The Morgan fingerprint density at radius 3 is 2.90 bits per heavy atom. The molecule has 104 valence electrons. The molecule has 2 aromatic rings. The monoisotopic (exact) mass is 289 g/mol. The highest BCUT2D eigenvalue weighted by molar-refractivity contribution is 7.15. The minimum atomic E-state index is -0.999. The molecule has 6 heteroatoms. The number of fused-ring (bicyclic) bond motifs is 1. The molecule has 0 aliphatic heterocycles. The minimum absolute atomic E-state index is 0.165. The van der Waals surface area contributed by atoms with Crippen molar-refractivity contribution in [2.45, 2.75) is 25.7 Å². The number of carbonyl (C=O) groups is 1. The van der Waals surface area contributed by atoms with Crippen LogP contribution >= 0.6 is 11.3 Å². The van der Waals surface area contributed by atoms with Gasteiger partial charge in [-0.3, -0.25) is 0 Å². The third-order valence-corrected chi connectivity index (χ3v) is 4.43. The largest absolute Gasteiger partial charge is 0.478 e. The topological polar surface area (TPSA) is 88.2 Å². The molecule has 0 amide bonds. The van der Waals surface area contributed by atoms with Crippen LogP contribution in [0, 0.1) is 0 Å². The Labute approximate surface area is 120 Å². The molecule has 0 unspecified atom stereocenters. The molecule has 0 bridgehead atoms. The van der Waals surface area contributed by atoms with Crippen molar-refractivity contribution in [3.63, 3.8) is 0 Å². The van der Waals surface area contributed by atoms with E-state index in [1.54, 1.807) is 23.5 Å². The average molecular weight is 289 g/mol. The fourth-order valence-electron chi connectivity index (χ4n) is 2.37. The van der Waals surface area contributed by atoms with E-state index in [9.17, 15) is 9.90 Å². The van der Waals surface area contributed by atoms with Gasteiger partial charge in [0.15, 0.2) is 5.13 Å². The second-order valence-corrected chi connectivity index (χ2v) is 5.91. The second kappa shape index (κ2) is 5.13. The number of nitrogens with two attached hydrogens (primary N) is 1. The summed E-state index contributed by atoms with van der Waals surface area (Å²) >= 11 is 1.61. The van der Waals surface area contributed by atoms with Gasteiger partial charge in [0.05, 0.1) is 16.9 Å². The van der Waals surface area contributed by atoms with E-state index in [1.807, 2.05) is 0 Å². The first-order valence-electron chi connectivity index (χ1n) is 6.52. The van der Waals surface area contributed by atoms with Crippen molar-refractivity contribution in [2.24, 2.45) is 0 Å². The molecule has 0 saturated carbocycles. The molecule has 0 spiro atoms. The summed E-state index contributed by atoms with van der Waals surface area (Å²) in [5, 5.41) is 13.1. The molecule has 1 aromatic carbocycles. The molecular weight excluding hydrogens is 274 g/mol. The predicted molar refractivity (Wildman–Crippen MR) is 79.9 cm³/mol. The number of thiazole rings is 1. The number of carboxylic acid groups (broad SMARTS) is 1. The number of anilines is 3. The average Bonchev–Trinajstić information content (AvgIpc) is 2.82. The normalized spacial score (nSPS) is 13.8. The Balaban J connectivity index is 1.91. The van der Waals surface area contributed by atoms with Crippen LogP contribution in [0.15, 0.2) is 18.2 Å². The first-order valence-corrected chi connectivity index (χ1v) is 7.33. The zero-order valence-corrected chi connectivity index (χ0v) is 11.7. The first-order chi connectivity index (χ1) is 9.63. The molecule has 1 heterocycles. The van der Waals surface area contributed by atoms with E-state index in [2.05, 4.69) is 10.3 Å². The van der Waals surface area contributed by atoms with Crippen LogP contribution in [0.4, 0.5) is 16.5 Å². The van der Waals surface area contributed by atoms with E-state index in [1.165, 1.54) is 23.8 Å². The molecule has 3 rings (SSSR count). The fourth-order valence-corrected chi connectivity index (χ4v) is 3.43. The lowest BCUT2D eigenvalue weighted by molar-refractivity contribution is 0.0698. The van der Waals surface area contributed by atoms with Gasteiger partial charge in [0.1, 0.15) is 0 Å². The number of benzene rings is 1. The van der Waals surface area contributed by atoms with Crippen molar-refractivity contribution >= 4 is 33.8 Å². The van der Waals surface area contributed by atoms with Crippen LogP contribution in [-0.4, -0.2) is 16.1 Å². The third kappa shape index (κ3) is 2.46. The summed E-state index contributed by atoms with van der Waals surface area (Å²) in [5.74, 6) is -0.999. The van der Waals surface area contributed by atoms with Gasteiger partial charge in [-0.15, -0.1) is 11.3 Å². The highest BCUT2D eigenvalue weighted by atomic mass is 32.1. The van der Waals surface area contributed by atoms with Crippen LogP contribution in [0.1, 0.15) is 33.8 Å². The van der Waals surface area contributed by atoms with Crippen molar-refractivity contribution in [3.8, 4) is 0 Å². The molecule has 1 aliphatic rings. The number of aryl methyl sites for hydroxylation is 2. The maximum absolute atomic E-state index is 11.2. The second-order valence-electron chi connectivity index (χ2n) is 4.83. The van der Waals surface area contributed by atoms with Gasteiger partial charge >= 0.3 is 5.97 Å². The van der Waals surface area contributed by atoms with E-state index in [0.717, 1.165) is 23.7 Å². The van der Waals surface area contributed by atoms with Gasteiger partial charge in [-0.05, 0) is 43.9 Å². The SMILES string of the molecule is Nc1ccc(Nc2nc3c(s2)CCCC3)c(C(=O)O)c1. The summed E-state index contributed by atoms with van der Waals surface area (Å²) < 4.78 is 0. The van der Waals surface area contributed by atoms with E-state index < -0.39 is 5.97 Å². The van der Waals surface area contributed by atoms with E-state index in [-0.39, 0.29) is 5.56 Å². The Morgan fingerprint density at radius 2 is 2.15 bits per heavy atom. The Morgan fingerprint density at radius 1 is 1.35 bits per heavy atom. The van der Waals surface area contributed by atoms with Crippen LogP contribution in [0.5, 0.6) is 0 Å². The van der Waals surface area contributed by atoms with Crippen molar-refractivity contribution < 1.29 is 9.90 Å². The van der Waals surface area contributed by atoms with Crippen LogP contribution in [-0.2, 0) is 12.8 Å². The molecule has 1 aliphatic carbocycles. The molecule has 0 radical (unpaired) electrons. The van der Waals surface area contributed by atoms with E-state index in [4.69, 9.17) is 5.73 Å². The quantitative estimate of drug-likeness (QED) is 0.756. The molecule has 4 N–H and O–H groups in total. The van der Waals surface area contributed by atoms with Crippen LogP contribution in [0.2, 0.25) is 0 Å². The summed E-state index contributed by atoms with van der Waals surface area (Å²) in [7, 11) is 0. The number of aromatic nitrogens is 1. The standard InChI is InChI=1S/C14H15N3O2S/c15-8-5-6-10(9(7-8)13(18)19)16-14-17-11-3-1-2-4-12(11)20-14/h5-7H,1-4,15H2,(H,16,17)(H,18,19). The Hall–Kier alpha value is -2.08. The lowest BCUT2D eigenvalue weighted by atomic mass is 10.0. The summed E-state index contributed by atoms with van der Waals surface area (Å²) in [6.07, 6.45) is 4.47. The van der Waals surface area contributed by atoms with Gasteiger partial charge in [-0.1, -0.05) is 0 Å². The summed E-state index contributed by atoms with van der Waals surface area (Å²) in [6.45, 7) is 0. The summed E-state index contributed by atoms with van der Waals surface area (Å²) in [6, 6.07) is 4.82. The number of hydrogen-bond donors (Lipinski definition) is 3. The Kier molecular flexibility index (Phi) is 3.31. The fraction of sp³-hybridized carbons (Fsp3) is 0.286. The van der Waals surface area contributed by atoms with Gasteiger partial charge in [0.2, 0.25) is 0 Å². The molecule has 20 heavy (non-hydrogen) atoms. The van der Waals surface area contributed by atoms with Gasteiger partial charge in [0, 0.05) is 10.6 Å². The van der Waals surface area contributed by atoms with Crippen LogP contribution < -0.4 is 11.1 Å². The highest BCUT2D eigenvalue weighted by Gasteiger charge is 2.17. The maximum atomic E-state index is 11.2. The van der Waals surface area contributed by atoms with Crippen molar-refractivity contribution in [2.75, 3.05) is 11.1 Å². The number of nitrogens with one attached hydrogen (secondary N) is 1. The van der Waals surface area contributed by atoms with Gasteiger partial charge in [-0.2, -0.15) is 0 Å². The number of aromatic carboxylic acids is 1. The van der Waals surface area contributed by atoms with Crippen LogP contribution in [0.25, 0.3) is 0 Å². The van der Waals surface area contributed by atoms with Crippen molar-refractivity contribution in [3.05, 3.63) is 34.3 Å². The van der Waals surface area contributed by atoms with Gasteiger partial charge < -0.3 is 16.2 Å². The number of nitrogens with zero attached hydrogens (tertiary/aromatic N) is 1. The molecule has 5 nitrogen and oxygen atoms in total. The first kappa shape index (κ1) is 12.9. The van der Waals surface area contributed by atoms with Gasteiger partial charge in [0.25, 0.3) is 0 Å². The summed E-state index contributed by atoms with van der Waals surface area (Å²) in [4.78, 5) is 17.1. The van der Waals surface area contributed by atoms with Crippen LogP contribution in [0.3, 0.4) is 0 Å². The number of nitrogen functional groups attached to an aromatic ring is 1. The molecule has 0 fully saturated rings. The maximum Gasteiger partial charge on any atom is 0.337 e. The smallest absolute Gasteiger partial charge is 0.337 e. The Bertz CT molecular complexity index is 643. The minimum Gasteiger partial charge on any atom is -0.478 e. The number of carboxylic acids is 1. The molecule has 0 saturated heterocycles. The number of hydrogen-bond acceptors (Lipinski definition) is 5. The third-order valence-electron chi connectivity index (χ3n) is 3.36. The zero-order valence-electron chi connectivity index (χ0n) is 10.8. The summed E-state index contributed by atoms with van der Waals surface area (Å²) in [5.41, 5.74) is 7.91. The zero-order chi connectivity index (χ0) is 14.1. The molecule has 1 aromatic heterocycles. The van der Waals surface area contributed by atoms with Crippen molar-refractivity contribution in [1.29, 1.82) is 0 Å². The highest BCUT2D eigenvalue weighted by Crippen LogP contribution is 2.32. The van der Waals surface area contributed by atoms with Gasteiger partial charge in [-0.25, -0.2) is 9.78 Å². The molecule has 0 atom stereocenters. The van der Waals surface area contributed by atoms with Crippen molar-refractivity contribution in [1.82, 2.24) is 4.98 Å². The molecular formula is C14H15N3O2S. The predicted octanol–water partition coefficient (Wildman–Crippen LogP) is 3.05.